The van der Waals surface area contributed by atoms with Crippen molar-refractivity contribution in [2.45, 2.75) is 39.2 Å². The molecule has 15 heavy (non-hydrogen) atoms. The van der Waals surface area contributed by atoms with E-state index in [0.717, 1.165) is 13.0 Å². The molecule has 0 unspecified atom stereocenters. The van der Waals surface area contributed by atoms with Gasteiger partial charge in [-0.3, -0.25) is 0 Å². The first-order valence-electron chi connectivity index (χ1n) is 5.30. The summed E-state index contributed by atoms with van der Waals surface area (Å²) in [6.07, 6.45) is 3.74. The highest BCUT2D eigenvalue weighted by atomic mass is 32.1. The Labute approximate surface area is 98.3 Å². The molecule has 0 saturated carbocycles. The number of hydrogen-bond donors (Lipinski definition) is 2. The summed E-state index contributed by atoms with van der Waals surface area (Å²) in [5.41, 5.74) is -0.176. The van der Waals surface area contributed by atoms with Gasteiger partial charge >= 0.3 is 0 Å². The third-order valence-electron chi connectivity index (χ3n) is 1.83. The van der Waals surface area contributed by atoms with Crippen LogP contribution < -0.4 is 10.6 Å². The van der Waals surface area contributed by atoms with Crippen LogP contribution in [0.15, 0.2) is 12.8 Å². The van der Waals surface area contributed by atoms with Crippen molar-refractivity contribution in [2.24, 2.45) is 0 Å². The number of thiocarbonyl (C=S) groups is 1. The summed E-state index contributed by atoms with van der Waals surface area (Å²) in [6.45, 7) is 11.2. The van der Waals surface area contributed by atoms with Crippen molar-refractivity contribution in [3.05, 3.63) is 12.8 Å². The molecule has 0 amide bonds. The van der Waals surface area contributed by atoms with Crippen molar-refractivity contribution in [3.8, 4) is 0 Å². The third kappa shape index (κ3) is 8.24. The fourth-order valence-corrected chi connectivity index (χ4v) is 1.41. The smallest absolute Gasteiger partial charge is 0.166 e. The van der Waals surface area contributed by atoms with Crippen LogP contribution in [-0.4, -0.2) is 23.8 Å². The van der Waals surface area contributed by atoms with E-state index < -0.39 is 0 Å². The predicted octanol–water partition coefficient (Wildman–Crippen LogP) is 2.19. The van der Waals surface area contributed by atoms with E-state index in [1.807, 2.05) is 13.8 Å². The summed E-state index contributed by atoms with van der Waals surface area (Å²) in [5.74, 6) is 0. The van der Waals surface area contributed by atoms with Crippen LogP contribution in [0.5, 0.6) is 0 Å². The Bertz CT molecular complexity index is 205. The molecule has 0 aliphatic carbocycles. The Balaban J connectivity index is 3.77. The van der Waals surface area contributed by atoms with Crippen LogP contribution in [0.2, 0.25) is 0 Å². The minimum atomic E-state index is -0.176. The van der Waals surface area contributed by atoms with Gasteiger partial charge in [0.2, 0.25) is 0 Å². The van der Waals surface area contributed by atoms with Crippen LogP contribution in [0.25, 0.3) is 0 Å². The average Bonchev–Trinajstić information content (AvgIpc) is 2.14. The number of unbranched alkanes of at least 4 members (excludes halogenated alkanes) is 1. The van der Waals surface area contributed by atoms with Crippen LogP contribution in [0.3, 0.4) is 0 Å². The summed E-state index contributed by atoms with van der Waals surface area (Å²) < 4.78 is 5.14. The van der Waals surface area contributed by atoms with Crippen molar-refractivity contribution in [1.29, 1.82) is 0 Å². The quantitative estimate of drug-likeness (QED) is 0.399. The Morgan fingerprint density at radius 1 is 1.53 bits per heavy atom. The maximum Gasteiger partial charge on any atom is 0.166 e. The van der Waals surface area contributed by atoms with E-state index in [-0.39, 0.29) is 5.54 Å². The fourth-order valence-electron chi connectivity index (χ4n) is 1.03. The van der Waals surface area contributed by atoms with Crippen LogP contribution in [0.1, 0.15) is 33.6 Å². The maximum atomic E-state index is 5.16. The molecule has 0 spiro atoms. The van der Waals surface area contributed by atoms with Gasteiger partial charge < -0.3 is 15.4 Å². The topological polar surface area (TPSA) is 33.3 Å². The number of nitrogens with one attached hydrogen (secondary N) is 2. The molecule has 88 valence electrons. The van der Waals surface area contributed by atoms with Crippen molar-refractivity contribution < 1.29 is 4.74 Å². The lowest BCUT2D eigenvalue weighted by Gasteiger charge is -2.27. The van der Waals surface area contributed by atoms with Crippen LogP contribution in [0.4, 0.5) is 0 Å². The highest BCUT2D eigenvalue weighted by Gasteiger charge is 2.18. The van der Waals surface area contributed by atoms with Gasteiger partial charge in [0.05, 0.1) is 11.8 Å². The molecular formula is C11H22N2OS. The maximum absolute atomic E-state index is 5.16. The van der Waals surface area contributed by atoms with E-state index in [4.69, 9.17) is 17.0 Å². The van der Waals surface area contributed by atoms with E-state index in [2.05, 4.69) is 24.1 Å². The molecular weight excluding hydrogens is 208 g/mol. The zero-order valence-electron chi connectivity index (χ0n) is 9.93. The second kappa shape index (κ2) is 7.51. The molecule has 0 radical (unpaired) electrons. The van der Waals surface area contributed by atoms with Crippen LogP contribution in [-0.2, 0) is 4.74 Å². The van der Waals surface area contributed by atoms with E-state index in [1.165, 1.54) is 12.7 Å². The van der Waals surface area contributed by atoms with Crippen LogP contribution >= 0.6 is 12.2 Å². The highest BCUT2D eigenvalue weighted by molar-refractivity contribution is 7.80. The number of ether oxygens (including phenoxy) is 1. The van der Waals surface area contributed by atoms with E-state index in [0.29, 0.717) is 11.7 Å². The van der Waals surface area contributed by atoms with Crippen LogP contribution in [0, 0.1) is 0 Å². The number of rotatable bonds is 7. The van der Waals surface area contributed by atoms with Gasteiger partial charge in [0.1, 0.15) is 6.61 Å². The summed E-state index contributed by atoms with van der Waals surface area (Å²) in [5, 5.41) is 7.03. The van der Waals surface area contributed by atoms with Gasteiger partial charge in [-0.25, -0.2) is 0 Å². The van der Waals surface area contributed by atoms with Crippen molar-refractivity contribution >= 4 is 17.3 Å². The number of hydrogen-bond acceptors (Lipinski definition) is 2. The zero-order chi connectivity index (χ0) is 11.7. The molecule has 0 aliphatic heterocycles. The fraction of sp³-hybridized carbons (Fsp3) is 0.727. The van der Waals surface area contributed by atoms with Crippen molar-refractivity contribution in [3.63, 3.8) is 0 Å². The molecule has 0 fully saturated rings. The standard InChI is InChI=1S/C11H22N2OS/c1-5-7-8-12-10(15)13-11(3,4)9-14-6-2/h6H,2,5,7-9H2,1,3-4H3,(H2,12,13,15). The Kier molecular flexibility index (Phi) is 7.13. The largest absolute Gasteiger partial charge is 0.499 e. The SMILES string of the molecule is C=COCC(C)(C)NC(=S)NCCCC. The van der Waals surface area contributed by atoms with Gasteiger partial charge in [0.15, 0.2) is 5.11 Å². The monoisotopic (exact) mass is 230 g/mol. The first kappa shape index (κ1) is 14.2. The average molecular weight is 230 g/mol. The molecule has 0 rings (SSSR count). The van der Waals surface area contributed by atoms with Gasteiger partial charge in [-0.1, -0.05) is 19.9 Å². The Morgan fingerprint density at radius 2 is 2.20 bits per heavy atom. The molecule has 0 aromatic carbocycles. The lowest BCUT2D eigenvalue weighted by atomic mass is 10.1. The van der Waals surface area contributed by atoms with E-state index in [9.17, 15) is 0 Å². The Hall–Kier alpha value is -0.770. The minimum Gasteiger partial charge on any atom is -0.499 e. The second-order valence-electron chi connectivity index (χ2n) is 4.10. The zero-order valence-corrected chi connectivity index (χ0v) is 10.7. The van der Waals surface area contributed by atoms with Crippen molar-refractivity contribution in [2.75, 3.05) is 13.2 Å². The molecule has 0 aromatic rings. The summed E-state index contributed by atoms with van der Waals surface area (Å²) in [7, 11) is 0. The highest BCUT2D eigenvalue weighted by Crippen LogP contribution is 2.02. The first-order valence-corrected chi connectivity index (χ1v) is 5.71. The molecule has 0 atom stereocenters. The lowest BCUT2D eigenvalue weighted by molar-refractivity contribution is 0.178. The summed E-state index contributed by atoms with van der Waals surface area (Å²) in [6, 6.07) is 0. The molecule has 3 nitrogen and oxygen atoms in total. The summed E-state index contributed by atoms with van der Waals surface area (Å²) in [4.78, 5) is 0. The molecule has 0 aromatic heterocycles. The van der Waals surface area contributed by atoms with E-state index >= 15 is 0 Å². The van der Waals surface area contributed by atoms with E-state index in [1.54, 1.807) is 0 Å². The third-order valence-corrected chi connectivity index (χ3v) is 2.08. The first-order chi connectivity index (χ1) is 7.02. The van der Waals surface area contributed by atoms with Crippen molar-refractivity contribution in [1.82, 2.24) is 10.6 Å². The lowest BCUT2D eigenvalue weighted by Crippen LogP contribution is -2.50. The molecule has 4 heteroatoms. The predicted molar refractivity (Wildman–Crippen MR) is 68.9 cm³/mol. The molecule has 0 saturated heterocycles. The molecule has 0 bridgehead atoms. The summed E-state index contributed by atoms with van der Waals surface area (Å²) >= 11 is 5.16. The Morgan fingerprint density at radius 3 is 2.73 bits per heavy atom. The molecule has 2 N–H and O–H groups in total. The normalized spacial score (nSPS) is 10.6. The van der Waals surface area contributed by atoms with Gasteiger partial charge in [-0.15, -0.1) is 0 Å². The van der Waals surface area contributed by atoms with Gasteiger partial charge in [-0.05, 0) is 32.5 Å². The molecule has 0 aliphatic rings. The van der Waals surface area contributed by atoms with Gasteiger partial charge in [0.25, 0.3) is 0 Å². The second-order valence-corrected chi connectivity index (χ2v) is 4.50. The van der Waals surface area contributed by atoms with Gasteiger partial charge in [-0.2, -0.15) is 0 Å². The minimum absolute atomic E-state index is 0.176. The molecule has 0 heterocycles. The van der Waals surface area contributed by atoms with Gasteiger partial charge in [0, 0.05) is 6.54 Å².